The Kier molecular flexibility index (Phi) is 5.17. The molecule has 1 fully saturated rings. The van der Waals surface area contributed by atoms with E-state index in [1.165, 1.54) is 12.1 Å². The van der Waals surface area contributed by atoms with Crippen LogP contribution in [0.3, 0.4) is 0 Å². The van der Waals surface area contributed by atoms with E-state index in [1.54, 1.807) is 6.07 Å². The number of rotatable bonds is 5. The lowest BCUT2D eigenvalue weighted by Gasteiger charge is -2.17. The molecule has 2 unspecified atom stereocenters. The maximum absolute atomic E-state index is 13.5. The Morgan fingerprint density at radius 2 is 2.19 bits per heavy atom. The Bertz CT molecular complexity index is 552. The fourth-order valence-electron chi connectivity index (χ4n) is 2.41. The van der Waals surface area contributed by atoms with Crippen molar-refractivity contribution in [3.05, 3.63) is 28.5 Å². The highest BCUT2D eigenvalue weighted by Crippen LogP contribution is 2.26. The van der Waals surface area contributed by atoms with Gasteiger partial charge in [0.15, 0.2) is 18.2 Å². The van der Waals surface area contributed by atoms with E-state index in [9.17, 15) is 14.0 Å². The predicted molar refractivity (Wildman–Crippen MR) is 76.5 cm³/mol. The molecule has 0 spiro atoms. The number of benzene rings is 1. The smallest absolute Gasteiger partial charge is 0.308 e. The molecule has 0 aliphatic heterocycles. The maximum Gasteiger partial charge on any atom is 0.308 e. The summed E-state index contributed by atoms with van der Waals surface area (Å²) in [6.45, 7) is -0.346. The summed E-state index contributed by atoms with van der Waals surface area (Å²) in [5.41, 5.74) is 0. The number of hydrogen-bond acceptors (Lipinski definition) is 3. The molecule has 0 heterocycles. The molecule has 7 heteroatoms. The van der Waals surface area contributed by atoms with Gasteiger partial charge >= 0.3 is 5.97 Å². The second-order valence-corrected chi connectivity index (χ2v) is 5.83. The first kappa shape index (κ1) is 15.8. The van der Waals surface area contributed by atoms with Crippen molar-refractivity contribution in [1.82, 2.24) is 5.32 Å². The van der Waals surface area contributed by atoms with Gasteiger partial charge in [0.25, 0.3) is 5.91 Å². The lowest BCUT2D eigenvalue weighted by molar-refractivity contribution is -0.142. The van der Waals surface area contributed by atoms with Gasteiger partial charge in [0.1, 0.15) is 0 Å². The molecule has 5 nitrogen and oxygen atoms in total. The van der Waals surface area contributed by atoms with E-state index >= 15 is 0 Å². The fourth-order valence-corrected chi connectivity index (χ4v) is 2.75. The van der Waals surface area contributed by atoms with Crippen molar-refractivity contribution in [3.8, 4) is 5.75 Å². The Hall–Kier alpha value is -1.63. The monoisotopic (exact) mass is 359 g/mol. The van der Waals surface area contributed by atoms with E-state index in [2.05, 4.69) is 21.2 Å². The quantitative estimate of drug-likeness (QED) is 0.845. The molecule has 0 bridgehead atoms. The van der Waals surface area contributed by atoms with Crippen molar-refractivity contribution in [3.63, 3.8) is 0 Å². The second kappa shape index (κ2) is 6.89. The van der Waals surface area contributed by atoms with Gasteiger partial charge in [-0.25, -0.2) is 4.39 Å². The topological polar surface area (TPSA) is 75.6 Å². The zero-order valence-corrected chi connectivity index (χ0v) is 12.7. The van der Waals surface area contributed by atoms with Crippen LogP contribution < -0.4 is 10.1 Å². The van der Waals surface area contributed by atoms with Gasteiger partial charge in [0, 0.05) is 10.5 Å². The molecule has 0 saturated heterocycles. The first-order chi connectivity index (χ1) is 9.97. The van der Waals surface area contributed by atoms with Crippen molar-refractivity contribution in [2.75, 3.05) is 6.61 Å². The summed E-state index contributed by atoms with van der Waals surface area (Å²) in [4.78, 5) is 22.8. The molecule has 1 saturated carbocycles. The molecule has 1 aliphatic carbocycles. The number of aliphatic carboxylic acids is 1. The van der Waals surface area contributed by atoms with Crippen LogP contribution in [0.5, 0.6) is 5.75 Å². The molecule has 2 N–H and O–H groups in total. The zero-order valence-electron chi connectivity index (χ0n) is 11.1. The van der Waals surface area contributed by atoms with Gasteiger partial charge < -0.3 is 15.2 Å². The van der Waals surface area contributed by atoms with E-state index in [-0.39, 0.29) is 18.4 Å². The summed E-state index contributed by atoms with van der Waals surface area (Å²) in [5, 5.41) is 11.7. The summed E-state index contributed by atoms with van der Waals surface area (Å²) < 4.78 is 19.2. The molecule has 1 amide bonds. The first-order valence-corrected chi connectivity index (χ1v) is 7.36. The summed E-state index contributed by atoms with van der Waals surface area (Å²) in [6.07, 6.45) is 1.96. The van der Waals surface area contributed by atoms with Gasteiger partial charge in [-0.05, 0) is 31.0 Å². The second-order valence-electron chi connectivity index (χ2n) is 4.91. The maximum atomic E-state index is 13.5. The fraction of sp³-hybridized carbons (Fsp3) is 0.429. The van der Waals surface area contributed by atoms with Gasteiger partial charge in [-0.3, -0.25) is 9.59 Å². The van der Waals surface area contributed by atoms with Crippen LogP contribution in [0, 0.1) is 11.7 Å². The number of carbonyl (C=O) groups excluding carboxylic acids is 1. The van der Waals surface area contributed by atoms with E-state index in [4.69, 9.17) is 9.84 Å². The third kappa shape index (κ3) is 4.17. The minimum Gasteiger partial charge on any atom is -0.481 e. The Morgan fingerprint density at radius 3 is 2.86 bits per heavy atom. The van der Waals surface area contributed by atoms with Crippen LogP contribution in [-0.4, -0.2) is 29.6 Å². The van der Waals surface area contributed by atoms with Gasteiger partial charge in [-0.15, -0.1) is 0 Å². The number of carbonyl (C=O) groups is 2. The van der Waals surface area contributed by atoms with Gasteiger partial charge in [0.2, 0.25) is 0 Å². The number of halogens is 2. The minimum absolute atomic E-state index is 0.0189. The van der Waals surface area contributed by atoms with Gasteiger partial charge in [-0.2, -0.15) is 0 Å². The molecule has 2 rings (SSSR count). The van der Waals surface area contributed by atoms with Crippen molar-refractivity contribution in [1.29, 1.82) is 0 Å². The highest BCUT2D eigenvalue weighted by molar-refractivity contribution is 9.10. The number of carboxylic acids is 1. The molecule has 0 aromatic heterocycles. The lowest BCUT2D eigenvalue weighted by Crippen LogP contribution is -2.42. The van der Waals surface area contributed by atoms with E-state index in [1.807, 2.05) is 0 Å². The summed E-state index contributed by atoms with van der Waals surface area (Å²) in [7, 11) is 0. The number of nitrogens with one attached hydrogen (secondary N) is 1. The SMILES string of the molecule is O=C(COc1ccc(Br)cc1F)NC1CCCC1C(=O)O. The summed E-state index contributed by atoms with van der Waals surface area (Å²) >= 11 is 3.12. The van der Waals surface area contributed by atoms with Crippen molar-refractivity contribution < 1.29 is 23.8 Å². The van der Waals surface area contributed by atoms with Crippen molar-refractivity contribution in [2.24, 2.45) is 5.92 Å². The molecule has 114 valence electrons. The third-order valence-electron chi connectivity index (χ3n) is 3.43. The average Bonchev–Trinajstić information content (AvgIpc) is 2.86. The Labute approximate surface area is 129 Å². The third-order valence-corrected chi connectivity index (χ3v) is 3.93. The number of hydrogen-bond donors (Lipinski definition) is 2. The van der Waals surface area contributed by atoms with Crippen LogP contribution in [0.1, 0.15) is 19.3 Å². The molecule has 1 aliphatic rings. The number of amides is 1. The predicted octanol–water partition coefficient (Wildman–Crippen LogP) is 2.34. The van der Waals surface area contributed by atoms with Crippen molar-refractivity contribution in [2.45, 2.75) is 25.3 Å². The Balaban J connectivity index is 1.86. The molecular weight excluding hydrogens is 345 g/mol. The minimum atomic E-state index is -0.905. The summed E-state index contributed by atoms with van der Waals surface area (Å²) in [6, 6.07) is 3.88. The summed E-state index contributed by atoms with van der Waals surface area (Å²) in [5.74, 6) is -2.50. The molecular formula is C14H15BrFNO4. The van der Waals surface area contributed by atoms with Crippen LogP contribution >= 0.6 is 15.9 Å². The highest BCUT2D eigenvalue weighted by atomic mass is 79.9. The normalized spacial score (nSPS) is 21.0. The largest absolute Gasteiger partial charge is 0.481 e. The van der Waals surface area contributed by atoms with Crippen LogP contribution in [0.2, 0.25) is 0 Å². The number of carboxylic acid groups (broad SMARTS) is 1. The number of ether oxygens (including phenoxy) is 1. The van der Waals surface area contributed by atoms with Crippen LogP contribution in [-0.2, 0) is 9.59 Å². The zero-order chi connectivity index (χ0) is 15.4. The first-order valence-electron chi connectivity index (χ1n) is 6.57. The van der Waals surface area contributed by atoms with Crippen LogP contribution in [0.15, 0.2) is 22.7 Å². The van der Waals surface area contributed by atoms with Crippen molar-refractivity contribution >= 4 is 27.8 Å². The van der Waals surface area contributed by atoms with Crippen LogP contribution in [0.4, 0.5) is 4.39 Å². The molecule has 2 atom stereocenters. The van der Waals surface area contributed by atoms with E-state index in [0.29, 0.717) is 17.3 Å². The lowest BCUT2D eigenvalue weighted by atomic mass is 10.0. The molecule has 0 radical (unpaired) electrons. The average molecular weight is 360 g/mol. The van der Waals surface area contributed by atoms with E-state index in [0.717, 1.165) is 6.42 Å². The van der Waals surface area contributed by atoms with E-state index < -0.39 is 23.6 Å². The van der Waals surface area contributed by atoms with Crippen LogP contribution in [0.25, 0.3) is 0 Å². The molecule has 1 aromatic rings. The molecule has 1 aromatic carbocycles. The molecule has 21 heavy (non-hydrogen) atoms. The standard InChI is InChI=1S/C14H15BrFNO4/c15-8-4-5-12(10(16)6-8)21-7-13(18)17-11-3-1-2-9(11)14(19)20/h4-6,9,11H,1-3,7H2,(H,17,18)(H,19,20). The highest BCUT2D eigenvalue weighted by Gasteiger charge is 2.33. The Morgan fingerprint density at radius 1 is 1.43 bits per heavy atom. The van der Waals surface area contributed by atoms with Gasteiger partial charge in [0.05, 0.1) is 5.92 Å². The van der Waals surface area contributed by atoms with Gasteiger partial charge in [-0.1, -0.05) is 22.4 Å².